The lowest BCUT2D eigenvalue weighted by atomic mass is 10.1. The number of unbranched alkanes of at least 4 members (excludes halogenated alkanes) is 2. The average molecular weight is 540 g/mol. The quantitative estimate of drug-likeness (QED) is 0.214. The average Bonchev–Trinajstić information content (AvgIpc) is 3.07. The summed E-state index contributed by atoms with van der Waals surface area (Å²) in [4.78, 5) is 27.2. The van der Waals surface area contributed by atoms with E-state index in [0.29, 0.717) is 55.8 Å². The lowest BCUT2D eigenvalue weighted by molar-refractivity contribution is -0.122. The third kappa shape index (κ3) is 6.88. The first-order chi connectivity index (χ1) is 16.3. The van der Waals surface area contributed by atoms with E-state index < -0.39 is 0 Å². The number of nitrogens with zero attached hydrogens (tertiary/aromatic N) is 1. The number of amides is 2. The van der Waals surface area contributed by atoms with Crippen LogP contribution in [0.2, 0.25) is 10.0 Å². The molecule has 0 bridgehead atoms. The molecule has 0 saturated carbocycles. The highest BCUT2D eigenvalue weighted by Gasteiger charge is 2.31. The highest BCUT2D eigenvalue weighted by Crippen LogP contribution is 2.35. The molecule has 1 fully saturated rings. The molecule has 0 aliphatic carbocycles. The Hall–Kier alpha value is -2.26. The van der Waals surface area contributed by atoms with Crippen LogP contribution in [0.1, 0.15) is 31.2 Å². The number of carbonyl (C=O) groups excluding carboxylic acids is 2. The summed E-state index contributed by atoms with van der Waals surface area (Å²) in [7, 11) is 3.14. The number of rotatable bonds is 10. The maximum Gasteiger partial charge on any atom is 0.266 e. The van der Waals surface area contributed by atoms with Crippen LogP contribution >= 0.6 is 47.2 Å². The molecule has 2 aromatic rings. The first-order valence-corrected chi connectivity index (χ1v) is 12.5. The van der Waals surface area contributed by atoms with Crippen molar-refractivity contribution in [2.24, 2.45) is 0 Å². The van der Waals surface area contributed by atoms with E-state index in [1.54, 1.807) is 49.5 Å². The second kappa shape index (κ2) is 12.4. The molecule has 0 aromatic heterocycles. The van der Waals surface area contributed by atoms with Gasteiger partial charge in [-0.1, -0.05) is 59.7 Å². The molecule has 0 unspecified atom stereocenters. The fourth-order valence-corrected chi connectivity index (χ4v) is 5.09. The molecule has 1 N–H and O–H groups in total. The molecule has 1 heterocycles. The van der Waals surface area contributed by atoms with Crippen molar-refractivity contribution in [3.05, 3.63) is 56.9 Å². The number of hydrogen-bond acceptors (Lipinski definition) is 6. The lowest BCUT2D eigenvalue weighted by Gasteiger charge is -2.14. The maximum atomic E-state index is 12.8. The molecule has 1 saturated heterocycles. The van der Waals surface area contributed by atoms with Crippen molar-refractivity contribution < 1.29 is 19.1 Å². The van der Waals surface area contributed by atoms with Crippen LogP contribution in [0, 0.1) is 0 Å². The summed E-state index contributed by atoms with van der Waals surface area (Å²) in [5.41, 5.74) is 1.36. The van der Waals surface area contributed by atoms with Crippen LogP contribution in [0.15, 0.2) is 41.3 Å². The predicted octanol–water partition coefficient (Wildman–Crippen LogP) is 6.41. The summed E-state index contributed by atoms with van der Waals surface area (Å²) < 4.78 is 11.1. The summed E-state index contributed by atoms with van der Waals surface area (Å²) in [6.07, 6.45) is 4.37. The summed E-state index contributed by atoms with van der Waals surface area (Å²) in [5.74, 6) is 0.985. The zero-order chi connectivity index (χ0) is 24.7. The van der Waals surface area contributed by atoms with Crippen molar-refractivity contribution in [2.45, 2.75) is 25.7 Å². The third-order valence-electron chi connectivity index (χ3n) is 5.07. The Morgan fingerprint density at radius 1 is 1.09 bits per heavy atom. The van der Waals surface area contributed by atoms with Gasteiger partial charge in [-0.25, -0.2) is 0 Å². The number of methoxy groups -OCH3 is 2. The van der Waals surface area contributed by atoms with Gasteiger partial charge in [0.05, 0.1) is 29.8 Å². The van der Waals surface area contributed by atoms with E-state index in [-0.39, 0.29) is 11.8 Å². The van der Waals surface area contributed by atoms with Gasteiger partial charge in [-0.3, -0.25) is 14.5 Å². The van der Waals surface area contributed by atoms with Gasteiger partial charge < -0.3 is 14.8 Å². The molecule has 0 radical (unpaired) electrons. The highest BCUT2D eigenvalue weighted by molar-refractivity contribution is 8.26. The fourth-order valence-electron chi connectivity index (χ4n) is 3.32. The van der Waals surface area contributed by atoms with E-state index in [0.717, 1.165) is 18.4 Å². The standard InChI is InChI=1S/C24H24Cl2N2O4S2/c1-31-19-10-7-15(12-20(19)32-2)13-21-23(30)28(24(33)34-21)11-5-3-4-6-22(29)27-18-9-8-16(25)14-17(18)26/h7-10,12-14H,3-6,11H2,1-2H3,(H,27,29)/b21-13-. The second-order valence-corrected chi connectivity index (χ2v) is 9.95. The fraction of sp³-hybridized carbons (Fsp3) is 0.292. The highest BCUT2D eigenvalue weighted by atomic mass is 35.5. The molecule has 2 aromatic carbocycles. The van der Waals surface area contributed by atoms with Gasteiger partial charge in [0.15, 0.2) is 11.5 Å². The van der Waals surface area contributed by atoms with E-state index in [4.69, 9.17) is 44.9 Å². The Labute approximate surface area is 218 Å². The van der Waals surface area contributed by atoms with Gasteiger partial charge >= 0.3 is 0 Å². The number of thiocarbonyl (C=S) groups is 1. The van der Waals surface area contributed by atoms with Crippen LogP contribution in [0.4, 0.5) is 5.69 Å². The van der Waals surface area contributed by atoms with Crippen molar-refractivity contribution >= 4 is 75.1 Å². The number of ether oxygens (including phenoxy) is 2. The minimum atomic E-state index is -0.118. The van der Waals surface area contributed by atoms with Crippen molar-refractivity contribution in [3.63, 3.8) is 0 Å². The van der Waals surface area contributed by atoms with Gasteiger partial charge in [0.2, 0.25) is 5.91 Å². The Balaban J connectivity index is 1.46. The predicted molar refractivity (Wildman–Crippen MR) is 143 cm³/mol. The number of benzene rings is 2. The zero-order valence-corrected chi connectivity index (χ0v) is 21.9. The smallest absolute Gasteiger partial charge is 0.266 e. The number of carbonyl (C=O) groups is 2. The SMILES string of the molecule is COc1ccc(/C=C2\SC(=S)N(CCCCCC(=O)Nc3ccc(Cl)cc3Cl)C2=O)cc1OC. The van der Waals surface area contributed by atoms with Crippen LogP contribution in [0.25, 0.3) is 6.08 Å². The summed E-state index contributed by atoms with van der Waals surface area (Å²) in [6, 6.07) is 10.4. The summed E-state index contributed by atoms with van der Waals surface area (Å²) in [5, 5.41) is 3.70. The normalized spacial score (nSPS) is 14.6. The largest absolute Gasteiger partial charge is 0.493 e. The number of halogens is 2. The Morgan fingerprint density at radius 2 is 1.85 bits per heavy atom. The van der Waals surface area contributed by atoms with E-state index in [9.17, 15) is 9.59 Å². The number of thioether (sulfide) groups is 1. The van der Waals surface area contributed by atoms with Gasteiger partial charge in [-0.2, -0.15) is 0 Å². The van der Waals surface area contributed by atoms with Gasteiger partial charge in [0, 0.05) is 18.0 Å². The van der Waals surface area contributed by atoms with Crippen LogP contribution in [0.5, 0.6) is 11.5 Å². The minimum absolute atomic E-state index is 0.111. The minimum Gasteiger partial charge on any atom is -0.493 e. The second-order valence-electron chi connectivity index (χ2n) is 7.43. The molecular weight excluding hydrogens is 515 g/mol. The Morgan fingerprint density at radius 3 is 2.56 bits per heavy atom. The molecular formula is C24H24Cl2N2O4S2. The van der Waals surface area contributed by atoms with Crippen molar-refractivity contribution in [1.29, 1.82) is 0 Å². The van der Waals surface area contributed by atoms with Crippen LogP contribution in [-0.2, 0) is 9.59 Å². The maximum absolute atomic E-state index is 12.8. The molecule has 10 heteroatoms. The Bertz CT molecular complexity index is 1120. The topological polar surface area (TPSA) is 67.9 Å². The molecule has 180 valence electrons. The molecule has 34 heavy (non-hydrogen) atoms. The van der Waals surface area contributed by atoms with Gasteiger partial charge in [-0.05, 0) is 54.8 Å². The third-order valence-corrected chi connectivity index (χ3v) is 7.00. The van der Waals surface area contributed by atoms with E-state index in [1.165, 1.54) is 11.8 Å². The van der Waals surface area contributed by atoms with E-state index in [2.05, 4.69) is 5.32 Å². The van der Waals surface area contributed by atoms with Gasteiger partial charge in [0.25, 0.3) is 5.91 Å². The van der Waals surface area contributed by atoms with Gasteiger partial charge in [-0.15, -0.1) is 0 Å². The van der Waals surface area contributed by atoms with Crippen molar-refractivity contribution in [3.8, 4) is 11.5 Å². The van der Waals surface area contributed by atoms with Crippen molar-refractivity contribution in [1.82, 2.24) is 4.90 Å². The lowest BCUT2D eigenvalue weighted by Crippen LogP contribution is -2.29. The van der Waals surface area contributed by atoms with Crippen LogP contribution in [-0.4, -0.2) is 41.8 Å². The molecule has 0 spiro atoms. The van der Waals surface area contributed by atoms with Crippen molar-refractivity contribution in [2.75, 3.05) is 26.1 Å². The molecule has 3 rings (SSSR count). The van der Waals surface area contributed by atoms with E-state index >= 15 is 0 Å². The van der Waals surface area contributed by atoms with E-state index in [1.807, 2.05) is 12.1 Å². The zero-order valence-electron chi connectivity index (χ0n) is 18.7. The summed E-state index contributed by atoms with van der Waals surface area (Å²) >= 11 is 18.6. The Kier molecular flexibility index (Phi) is 9.64. The summed E-state index contributed by atoms with van der Waals surface area (Å²) in [6.45, 7) is 0.512. The van der Waals surface area contributed by atoms with Gasteiger partial charge in [0.1, 0.15) is 4.32 Å². The monoisotopic (exact) mass is 538 g/mol. The molecule has 2 amide bonds. The number of anilines is 1. The number of hydrogen-bond donors (Lipinski definition) is 1. The van der Waals surface area contributed by atoms with Crippen LogP contribution < -0.4 is 14.8 Å². The molecule has 1 aliphatic rings. The molecule has 0 atom stereocenters. The first-order valence-electron chi connectivity index (χ1n) is 10.5. The number of nitrogens with one attached hydrogen (secondary N) is 1. The van der Waals surface area contributed by atoms with Crippen LogP contribution in [0.3, 0.4) is 0 Å². The first kappa shape index (κ1) is 26.3. The molecule has 6 nitrogen and oxygen atoms in total. The molecule has 1 aliphatic heterocycles.